The number of piperazine rings is 1. The molecule has 1 amide bonds. The third kappa shape index (κ3) is 6.13. The number of carbonyl (C=O) groups excluding carboxylic acids is 1. The summed E-state index contributed by atoms with van der Waals surface area (Å²) in [6.45, 7) is 3.71. The molecule has 1 fully saturated rings. The third-order valence-electron chi connectivity index (χ3n) is 4.94. The van der Waals surface area contributed by atoms with Crippen LogP contribution in [0.5, 0.6) is 5.75 Å². The molecule has 1 aliphatic heterocycles. The first-order chi connectivity index (χ1) is 14.8. The lowest BCUT2D eigenvalue weighted by Gasteiger charge is -2.33. The Morgan fingerprint density at radius 2 is 1.84 bits per heavy atom. The van der Waals surface area contributed by atoms with Crippen molar-refractivity contribution in [2.45, 2.75) is 11.8 Å². The molecule has 0 unspecified atom stereocenters. The van der Waals surface area contributed by atoms with Crippen LogP contribution >= 0.6 is 15.9 Å². The summed E-state index contributed by atoms with van der Waals surface area (Å²) >= 11 is 3.40. The number of sulfonamides is 1. The Labute approximate surface area is 191 Å². The van der Waals surface area contributed by atoms with Gasteiger partial charge in [-0.25, -0.2) is 13.8 Å². The van der Waals surface area contributed by atoms with Gasteiger partial charge < -0.3 is 4.74 Å². The van der Waals surface area contributed by atoms with Crippen molar-refractivity contribution >= 4 is 38.1 Å². The van der Waals surface area contributed by atoms with Crippen molar-refractivity contribution in [3.63, 3.8) is 0 Å². The number of rotatable bonds is 7. The van der Waals surface area contributed by atoms with Crippen LogP contribution in [0.1, 0.15) is 11.1 Å². The zero-order chi connectivity index (χ0) is 22.4. The van der Waals surface area contributed by atoms with Gasteiger partial charge in [-0.05, 0) is 58.7 Å². The van der Waals surface area contributed by atoms with E-state index in [1.165, 1.54) is 4.31 Å². The van der Waals surface area contributed by atoms with Gasteiger partial charge in [0.25, 0.3) is 5.91 Å². The highest BCUT2D eigenvalue weighted by Gasteiger charge is 2.28. The topological polar surface area (TPSA) is 91.3 Å². The molecule has 3 rings (SSSR count). The first kappa shape index (κ1) is 23.4. The zero-order valence-corrected chi connectivity index (χ0v) is 19.8. The van der Waals surface area contributed by atoms with Crippen LogP contribution in [0.4, 0.5) is 0 Å². The Balaban J connectivity index is 1.47. The molecule has 0 aliphatic carbocycles. The summed E-state index contributed by atoms with van der Waals surface area (Å²) in [5.41, 5.74) is 4.33. The predicted molar refractivity (Wildman–Crippen MR) is 123 cm³/mol. The second kappa shape index (κ2) is 10.4. The Bertz CT molecular complexity index is 1050. The minimum atomic E-state index is -3.51. The van der Waals surface area contributed by atoms with E-state index in [9.17, 15) is 13.2 Å². The largest absolute Gasteiger partial charge is 0.496 e. The molecular weight excluding hydrogens is 484 g/mol. The summed E-state index contributed by atoms with van der Waals surface area (Å²) in [6.07, 6.45) is 1.55. The molecule has 2 aromatic carbocycles. The van der Waals surface area contributed by atoms with Crippen LogP contribution in [0.15, 0.2) is 56.9 Å². The smallest absolute Gasteiger partial charge is 0.254 e. The van der Waals surface area contributed by atoms with Gasteiger partial charge in [0, 0.05) is 26.2 Å². The van der Waals surface area contributed by atoms with E-state index in [4.69, 9.17) is 4.74 Å². The molecule has 2 aromatic rings. The van der Waals surface area contributed by atoms with Gasteiger partial charge in [0.2, 0.25) is 10.0 Å². The Morgan fingerprint density at radius 3 is 2.45 bits per heavy atom. The Hall–Kier alpha value is -2.27. The number of hydrogen-bond donors (Lipinski definition) is 1. The van der Waals surface area contributed by atoms with Gasteiger partial charge in [0.15, 0.2) is 0 Å². The molecule has 166 valence electrons. The fourth-order valence-electron chi connectivity index (χ4n) is 3.17. The van der Waals surface area contributed by atoms with E-state index < -0.39 is 10.0 Å². The third-order valence-corrected chi connectivity index (χ3v) is 7.47. The van der Waals surface area contributed by atoms with Crippen LogP contribution in [0.3, 0.4) is 0 Å². The number of benzene rings is 2. The molecule has 0 aromatic heterocycles. The standard InChI is InChI=1S/C21H25BrN4O4S/c1-16-3-6-18(7-4-16)31(28,29)26-11-9-25(10-12-26)15-21(27)24-23-14-17-5-8-20(30-2)19(22)13-17/h3-8,13-14H,9-12,15H2,1-2H3,(H,24,27)/b23-14-. The minimum absolute atomic E-state index is 0.155. The van der Waals surface area contributed by atoms with Crippen molar-refractivity contribution in [2.75, 3.05) is 39.8 Å². The summed E-state index contributed by atoms with van der Waals surface area (Å²) in [4.78, 5) is 14.4. The minimum Gasteiger partial charge on any atom is -0.496 e. The molecule has 0 spiro atoms. The van der Waals surface area contributed by atoms with Gasteiger partial charge in [-0.2, -0.15) is 9.41 Å². The van der Waals surface area contributed by atoms with Crippen molar-refractivity contribution in [3.05, 3.63) is 58.1 Å². The number of nitrogens with zero attached hydrogens (tertiary/aromatic N) is 3. The maximum absolute atomic E-state index is 12.8. The highest BCUT2D eigenvalue weighted by molar-refractivity contribution is 9.10. The van der Waals surface area contributed by atoms with Gasteiger partial charge >= 0.3 is 0 Å². The maximum Gasteiger partial charge on any atom is 0.254 e. The van der Waals surface area contributed by atoms with Crippen LogP contribution in [0, 0.1) is 6.92 Å². The highest BCUT2D eigenvalue weighted by Crippen LogP contribution is 2.24. The first-order valence-electron chi connectivity index (χ1n) is 9.74. The average Bonchev–Trinajstić information content (AvgIpc) is 2.74. The van der Waals surface area contributed by atoms with Gasteiger partial charge in [-0.3, -0.25) is 9.69 Å². The maximum atomic E-state index is 12.8. The SMILES string of the molecule is COc1ccc(/C=N\NC(=O)CN2CCN(S(=O)(=O)c3ccc(C)cc3)CC2)cc1Br. The van der Waals surface area contributed by atoms with Gasteiger partial charge in [-0.15, -0.1) is 0 Å². The summed E-state index contributed by atoms with van der Waals surface area (Å²) in [5, 5.41) is 3.99. The molecule has 0 radical (unpaired) electrons. The Kier molecular flexibility index (Phi) is 7.82. The molecule has 10 heteroatoms. The first-order valence-corrected chi connectivity index (χ1v) is 12.0. The summed E-state index contributed by atoms with van der Waals surface area (Å²) in [6, 6.07) is 12.3. The molecule has 8 nitrogen and oxygen atoms in total. The van der Waals surface area contributed by atoms with Crippen LogP contribution in [0.25, 0.3) is 0 Å². The fraction of sp³-hybridized carbons (Fsp3) is 0.333. The molecule has 1 N–H and O–H groups in total. The van der Waals surface area contributed by atoms with E-state index in [1.54, 1.807) is 43.7 Å². The van der Waals surface area contributed by atoms with E-state index in [0.717, 1.165) is 15.6 Å². The number of halogens is 1. The molecule has 1 heterocycles. The summed E-state index contributed by atoms with van der Waals surface area (Å²) < 4.78 is 33.0. The molecule has 1 aliphatic rings. The number of ether oxygens (including phenoxy) is 1. The van der Waals surface area contributed by atoms with E-state index in [-0.39, 0.29) is 12.5 Å². The number of amides is 1. The molecule has 31 heavy (non-hydrogen) atoms. The van der Waals surface area contributed by atoms with Crippen LogP contribution < -0.4 is 10.2 Å². The lowest BCUT2D eigenvalue weighted by atomic mass is 10.2. The predicted octanol–water partition coefficient (Wildman–Crippen LogP) is 2.22. The number of hydrazone groups is 1. The molecule has 0 saturated carbocycles. The molecule has 1 saturated heterocycles. The number of carbonyl (C=O) groups is 1. The quantitative estimate of drug-likeness (QED) is 0.457. The van der Waals surface area contributed by atoms with Crippen molar-refractivity contribution in [2.24, 2.45) is 5.10 Å². The van der Waals surface area contributed by atoms with Crippen molar-refractivity contribution in [1.82, 2.24) is 14.6 Å². The van der Waals surface area contributed by atoms with Gasteiger partial charge in [0.1, 0.15) is 5.75 Å². The van der Waals surface area contributed by atoms with Crippen LogP contribution in [-0.4, -0.2) is 69.6 Å². The number of nitrogens with one attached hydrogen (secondary N) is 1. The van der Waals surface area contributed by atoms with Crippen LogP contribution in [-0.2, 0) is 14.8 Å². The van der Waals surface area contributed by atoms with Crippen molar-refractivity contribution < 1.29 is 17.9 Å². The monoisotopic (exact) mass is 508 g/mol. The van der Waals surface area contributed by atoms with E-state index in [2.05, 4.69) is 26.5 Å². The lowest BCUT2D eigenvalue weighted by molar-refractivity contribution is -0.122. The van der Waals surface area contributed by atoms with Gasteiger partial charge in [0.05, 0.1) is 29.2 Å². The summed E-state index contributed by atoms with van der Waals surface area (Å²) in [5.74, 6) is 0.461. The zero-order valence-electron chi connectivity index (χ0n) is 17.4. The van der Waals surface area contributed by atoms with Gasteiger partial charge in [-0.1, -0.05) is 17.7 Å². The normalized spacial score (nSPS) is 15.8. The van der Waals surface area contributed by atoms with Crippen LogP contribution in [0.2, 0.25) is 0 Å². The average molecular weight is 509 g/mol. The molecule has 0 bridgehead atoms. The highest BCUT2D eigenvalue weighted by atomic mass is 79.9. The lowest BCUT2D eigenvalue weighted by Crippen LogP contribution is -2.50. The molecule has 0 atom stereocenters. The van der Waals surface area contributed by atoms with Crippen molar-refractivity contribution in [3.8, 4) is 5.75 Å². The molecular formula is C21H25BrN4O4S. The summed E-state index contributed by atoms with van der Waals surface area (Å²) in [7, 11) is -1.93. The second-order valence-electron chi connectivity index (χ2n) is 7.18. The van der Waals surface area contributed by atoms with E-state index in [1.807, 2.05) is 24.0 Å². The van der Waals surface area contributed by atoms with Crippen molar-refractivity contribution in [1.29, 1.82) is 0 Å². The van der Waals surface area contributed by atoms with E-state index in [0.29, 0.717) is 36.8 Å². The van der Waals surface area contributed by atoms with E-state index >= 15 is 0 Å². The number of methoxy groups -OCH3 is 1. The Morgan fingerprint density at radius 1 is 1.16 bits per heavy atom. The fourth-order valence-corrected chi connectivity index (χ4v) is 5.15. The number of aryl methyl sites for hydroxylation is 1. The second-order valence-corrected chi connectivity index (χ2v) is 9.97. The number of hydrogen-bond acceptors (Lipinski definition) is 6.